The van der Waals surface area contributed by atoms with Gasteiger partial charge in [-0.25, -0.2) is 4.79 Å². The molecule has 54 heavy (non-hydrogen) atoms. The Kier molecular flexibility index (Phi) is 15.3. The average molecular weight is 768 g/mol. The number of carbonyl (C=O) groups excluding carboxylic acids is 4. The van der Waals surface area contributed by atoms with Crippen LogP contribution in [0.4, 0.5) is 4.79 Å². The number of aliphatic hydroxyl groups excluding tert-OH is 1. The van der Waals surface area contributed by atoms with Crippen LogP contribution in [0, 0.1) is 0 Å². The fourth-order valence-corrected chi connectivity index (χ4v) is 6.48. The minimum absolute atomic E-state index is 0.00257. The molecule has 1 aliphatic rings. The summed E-state index contributed by atoms with van der Waals surface area (Å²) in [6, 6.07) is 10.6. The summed E-state index contributed by atoms with van der Waals surface area (Å²) < 4.78 is 16.7. The number of carbonyl (C=O) groups is 4. The van der Waals surface area contributed by atoms with Crippen molar-refractivity contribution < 1.29 is 43.6 Å². The molecule has 0 bridgehead atoms. The van der Waals surface area contributed by atoms with E-state index in [0.29, 0.717) is 49.6 Å². The highest BCUT2D eigenvalue weighted by Crippen LogP contribution is 2.44. The molecule has 4 rings (SSSR count). The number of rotatable bonds is 17. The number of likely N-dealkylation sites (N-methyl/N-ethyl adjacent to an activating group) is 1. The Morgan fingerprint density at radius 2 is 1.67 bits per heavy atom. The zero-order valence-electron chi connectivity index (χ0n) is 31.2. The number of hydrogen-bond donors (Lipinski definition) is 5. The maximum atomic E-state index is 14.6. The van der Waals surface area contributed by atoms with Gasteiger partial charge in [-0.1, -0.05) is 49.9 Å². The molecule has 4 amide bonds. The number of halogens is 1. The van der Waals surface area contributed by atoms with Crippen LogP contribution in [0.3, 0.4) is 0 Å². The number of primary amides is 1. The average Bonchev–Trinajstić information content (AvgIpc) is 3.14. The Labute approximate surface area is 320 Å². The van der Waals surface area contributed by atoms with Gasteiger partial charge in [-0.3, -0.25) is 14.4 Å². The third-order valence-corrected chi connectivity index (χ3v) is 9.46. The van der Waals surface area contributed by atoms with Gasteiger partial charge in [-0.15, -0.1) is 0 Å². The maximum absolute atomic E-state index is 14.6. The molecule has 1 fully saturated rings. The molecule has 3 aromatic rings. The molecule has 292 valence electrons. The van der Waals surface area contributed by atoms with E-state index < -0.39 is 42.4 Å². The van der Waals surface area contributed by atoms with Gasteiger partial charge in [-0.05, 0) is 60.5 Å². The highest BCUT2D eigenvalue weighted by atomic mass is 35.5. The number of nitrogens with zero attached hydrogens (tertiary/aromatic N) is 2. The fraction of sp³-hybridized carbons (Fsp3) is 0.436. The first-order valence-electron chi connectivity index (χ1n) is 17.9. The molecule has 0 aliphatic carbocycles. The number of aliphatic hydroxyl groups is 1. The summed E-state index contributed by atoms with van der Waals surface area (Å²) >= 11 is 6.28. The molecule has 0 aromatic heterocycles. The predicted molar refractivity (Wildman–Crippen MR) is 204 cm³/mol. The van der Waals surface area contributed by atoms with Crippen molar-refractivity contribution in [2.75, 3.05) is 54.0 Å². The lowest BCUT2D eigenvalue weighted by atomic mass is 9.90. The van der Waals surface area contributed by atoms with E-state index in [1.165, 1.54) is 38.5 Å². The van der Waals surface area contributed by atoms with E-state index in [-0.39, 0.29) is 45.4 Å². The van der Waals surface area contributed by atoms with Gasteiger partial charge >= 0.3 is 6.09 Å². The van der Waals surface area contributed by atoms with Gasteiger partial charge in [0.15, 0.2) is 0 Å². The van der Waals surface area contributed by atoms with Crippen LogP contribution in [-0.4, -0.2) is 97.8 Å². The summed E-state index contributed by atoms with van der Waals surface area (Å²) in [4.78, 5) is 56.9. The minimum Gasteiger partial charge on any atom is -0.507 e. The van der Waals surface area contributed by atoms with Crippen LogP contribution in [0.1, 0.15) is 67.9 Å². The van der Waals surface area contributed by atoms with Gasteiger partial charge in [-0.2, -0.15) is 0 Å². The van der Waals surface area contributed by atoms with Crippen LogP contribution in [-0.2, 0) is 20.8 Å². The first-order chi connectivity index (χ1) is 25.8. The number of hydrogen-bond acceptors (Lipinski definition) is 10. The quantitative estimate of drug-likeness (QED) is 0.122. The number of phenols is 1. The van der Waals surface area contributed by atoms with Crippen molar-refractivity contribution >= 4 is 35.4 Å². The number of aromatic hydroxyl groups is 1. The molecule has 14 nitrogen and oxygen atoms in total. The molecule has 15 heteroatoms. The standard InChI is InChI=1S/C39H50ClN5O9/c1-5-6-7-8-13-42-39(51)54-26-21-28(36(33(22-26)53-4)27-18-24(19-34(41)48)9-11-30(27)46)37(38(50)45-16-14-44(2)15-17-45)43-35(49)23-31(47)25-10-12-32(52-3)29(40)20-25/h9-12,18,20-22,31,37,46-47H,5-8,13-17,19,23H2,1-4H3,(H2,41,48)(H,42,51)(H,43,49). The molecule has 0 saturated carbocycles. The Balaban J connectivity index is 1.82. The fourth-order valence-electron chi connectivity index (χ4n) is 6.21. The highest BCUT2D eigenvalue weighted by molar-refractivity contribution is 6.32. The zero-order chi connectivity index (χ0) is 39.4. The minimum atomic E-state index is -1.42. The van der Waals surface area contributed by atoms with E-state index >= 15 is 0 Å². The molecular formula is C39H50ClN5O9. The largest absolute Gasteiger partial charge is 0.507 e. The second kappa shape index (κ2) is 19.9. The van der Waals surface area contributed by atoms with Crippen LogP contribution in [0.25, 0.3) is 11.1 Å². The summed E-state index contributed by atoms with van der Waals surface area (Å²) in [7, 11) is 4.77. The Hall–Kier alpha value is -5.05. The number of amides is 4. The van der Waals surface area contributed by atoms with Gasteiger partial charge in [0.25, 0.3) is 0 Å². The number of nitrogens with one attached hydrogen (secondary N) is 2. The predicted octanol–water partition coefficient (Wildman–Crippen LogP) is 4.48. The summed E-state index contributed by atoms with van der Waals surface area (Å²) in [6.45, 7) is 4.36. The number of nitrogens with two attached hydrogens (primary N) is 1. The normalized spacial score (nSPS) is 14.1. The first kappa shape index (κ1) is 41.7. The summed E-state index contributed by atoms with van der Waals surface area (Å²) in [5, 5.41) is 28.1. The van der Waals surface area contributed by atoms with Crippen molar-refractivity contribution in [3.05, 3.63) is 70.2 Å². The van der Waals surface area contributed by atoms with E-state index in [0.717, 1.165) is 25.7 Å². The van der Waals surface area contributed by atoms with E-state index in [1.54, 1.807) is 29.2 Å². The van der Waals surface area contributed by atoms with Gasteiger partial charge < -0.3 is 50.6 Å². The molecule has 0 spiro atoms. The van der Waals surface area contributed by atoms with Gasteiger partial charge in [0.05, 0.1) is 38.2 Å². The van der Waals surface area contributed by atoms with Crippen molar-refractivity contribution in [2.24, 2.45) is 5.73 Å². The Bertz CT molecular complexity index is 1800. The third-order valence-electron chi connectivity index (χ3n) is 9.16. The second-order valence-electron chi connectivity index (χ2n) is 13.2. The van der Waals surface area contributed by atoms with Crippen molar-refractivity contribution in [3.8, 4) is 34.1 Å². The smallest absolute Gasteiger partial charge is 0.412 e. The molecule has 1 heterocycles. The van der Waals surface area contributed by atoms with Crippen molar-refractivity contribution in [2.45, 2.75) is 57.6 Å². The number of phenolic OH excluding ortho intramolecular Hbond substituents is 1. The lowest BCUT2D eigenvalue weighted by Crippen LogP contribution is -2.51. The molecule has 0 radical (unpaired) electrons. The Morgan fingerprint density at radius 3 is 2.31 bits per heavy atom. The van der Waals surface area contributed by atoms with Crippen LogP contribution in [0.15, 0.2) is 48.5 Å². The SMILES string of the molecule is CCCCCCNC(=O)Oc1cc(OC)c(-c2cc(CC(N)=O)ccc2O)c(C(NC(=O)CC(O)c2ccc(OC)c(Cl)c2)C(=O)N2CCN(C)CC2)c1. The Morgan fingerprint density at radius 1 is 0.944 bits per heavy atom. The number of piperazine rings is 1. The number of ether oxygens (including phenoxy) is 3. The van der Waals surface area contributed by atoms with E-state index in [1.807, 2.05) is 7.05 Å². The molecule has 1 saturated heterocycles. The third kappa shape index (κ3) is 11.2. The lowest BCUT2D eigenvalue weighted by Gasteiger charge is -2.35. The topological polar surface area (TPSA) is 193 Å². The van der Waals surface area contributed by atoms with Crippen molar-refractivity contribution in [1.29, 1.82) is 0 Å². The lowest BCUT2D eigenvalue weighted by molar-refractivity contribution is -0.138. The van der Waals surface area contributed by atoms with E-state index in [9.17, 15) is 29.4 Å². The van der Waals surface area contributed by atoms with Gasteiger partial charge in [0, 0.05) is 49.9 Å². The first-order valence-corrected chi connectivity index (χ1v) is 18.3. The molecule has 6 N–H and O–H groups in total. The summed E-state index contributed by atoms with van der Waals surface area (Å²) in [5.41, 5.74) is 6.81. The zero-order valence-corrected chi connectivity index (χ0v) is 31.9. The second-order valence-corrected chi connectivity index (χ2v) is 13.6. The molecule has 1 aliphatic heterocycles. The number of unbranched alkanes of at least 4 members (excludes halogenated alkanes) is 3. The summed E-state index contributed by atoms with van der Waals surface area (Å²) in [6.07, 6.45) is 1.16. The van der Waals surface area contributed by atoms with Crippen LogP contribution < -0.4 is 30.6 Å². The summed E-state index contributed by atoms with van der Waals surface area (Å²) in [5.74, 6) is -1.49. The van der Waals surface area contributed by atoms with E-state index in [4.69, 9.17) is 31.5 Å². The monoisotopic (exact) mass is 767 g/mol. The number of benzene rings is 3. The van der Waals surface area contributed by atoms with Crippen molar-refractivity contribution in [3.63, 3.8) is 0 Å². The van der Waals surface area contributed by atoms with Crippen LogP contribution >= 0.6 is 11.6 Å². The van der Waals surface area contributed by atoms with Gasteiger partial charge in [0.2, 0.25) is 17.7 Å². The van der Waals surface area contributed by atoms with Gasteiger partial charge in [0.1, 0.15) is 29.0 Å². The highest BCUT2D eigenvalue weighted by Gasteiger charge is 2.34. The molecular weight excluding hydrogens is 718 g/mol. The van der Waals surface area contributed by atoms with Crippen molar-refractivity contribution in [1.82, 2.24) is 20.4 Å². The maximum Gasteiger partial charge on any atom is 0.412 e. The van der Waals surface area contributed by atoms with E-state index in [2.05, 4.69) is 22.5 Å². The molecule has 2 atom stereocenters. The number of methoxy groups -OCH3 is 2. The van der Waals surface area contributed by atoms with Crippen LogP contribution in [0.2, 0.25) is 5.02 Å². The molecule has 3 aromatic carbocycles. The molecule has 2 unspecified atom stereocenters. The van der Waals surface area contributed by atoms with Crippen LogP contribution in [0.5, 0.6) is 23.0 Å².